The second-order valence-corrected chi connectivity index (χ2v) is 9.10. The number of methoxy groups -OCH3 is 1. The molecule has 9 heteroatoms. The number of benzene rings is 1. The maximum Gasteiger partial charge on any atom is 0.239 e. The number of carbonyl (C=O) groups is 1. The van der Waals surface area contributed by atoms with Gasteiger partial charge in [-0.15, -0.1) is 0 Å². The molecular weight excluding hydrogens is 442 g/mol. The van der Waals surface area contributed by atoms with E-state index in [1.54, 1.807) is 23.6 Å². The summed E-state index contributed by atoms with van der Waals surface area (Å²) < 4.78 is 7.24. The number of amides is 1. The Bertz CT molecular complexity index is 1320. The summed E-state index contributed by atoms with van der Waals surface area (Å²) in [5, 5.41) is 15.2. The fourth-order valence-corrected chi connectivity index (χ4v) is 4.30. The first kappa shape index (κ1) is 24.4. The molecule has 4 rings (SSSR count). The molecule has 35 heavy (non-hydrogen) atoms. The molecular formula is C26H33N7O2. The summed E-state index contributed by atoms with van der Waals surface area (Å²) in [5.41, 5.74) is 6.61. The van der Waals surface area contributed by atoms with Crippen molar-refractivity contribution < 1.29 is 9.53 Å². The number of aromatic nitrogens is 5. The number of ether oxygens (including phenoxy) is 1. The van der Waals surface area contributed by atoms with Gasteiger partial charge in [0.05, 0.1) is 30.6 Å². The van der Waals surface area contributed by atoms with Crippen molar-refractivity contribution in [3.63, 3.8) is 0 Å². The summed E-state index contributed by atoms with van der Waals surface area (Å²) in [6.07, 6.45) is 3.42. The highest BCUT2D eigenvalue weighted by atomic mass is 16.5. The molecule has 3 heterocycles. The van der Waals surface area contributed by atoms with Crippen LogP contribution in [0.25, 0.3) is 28.2 Å². The molecule has 184 valence electrons. The lowest BCUT2D eigenvalue weighted by Crippen LogP contribution is -2.42. The number of fused-ring (bicyclic) bond motifs is 1. The van der Waals surface area contributed by atoms with Crippen LogP contribution in [0.1, 0.15) is 50.8 Å². The lowest BCUT2D eigenvalue weighted by molar-refractivity contribution is -0.133. The maximum atomic E-state index is 12.6. The Hall–Kier alpha value is -3.72. The minimum atomic E-state index is -0.228. The number of hydrogen-bond donors (Lipinski definition) is 2. The Morgan fingerprint density at radius 3 is 2.49 bits per heavy atom. The molecule has 0 bridgehead atoms. The quantitative estimate of drug-likeness (QED) is 0.399. The summed E-state index contributed by atoms with van der Waals surface area (Å²) >= 11 is 0. The van der Waals surface area contributed by atoms with Crippen molar-refractivity contribution in [1.29, 1.82) is 0 Å². The Balaban J connectivity index is 1.69. The summed E-state index contributed by atoms with van der Waals surface area (Å²) in [6.45, 7) is 8.22. The second-order valence-electron chi connectivity index (χ2n) is 9.10. The molecule has 2 atom stereocenters. The van der Waals surface area contributed by atoms with Gasteiger partial charge in [0.2, 0.25) is 5.91 Å². The van der Waals surface area contributed by atoms with Gasteiger partial charge >= 0.3 is 0 Å². The molecule has 0 radical (unpaired) electrons. The topological polar surface area (TPSA) is 100 Å². The molecule has 0 fully saturated rings. The standard InChI is InChI=1S/C26H33N7O2/c1-15(2)22-23(19-10-8-18(9-11-19)17(4)32(6)26(34)16(3)27-5)30-31-24(22)20-12-21(35-7)25-28-14-29-33(25)13-20/h8-17,27H,1-7H3,(H,30,31)/t16-,17-/m0/s1. The lowest BCUT2D eigenvalue weighted by atomic mass is 9.93. The van der Waals surface area contributed by atoms with Gasteiger partial charge in [0.1, 0.15) is 6.33 Å². The van der Waals surface area contributed by atoms with Crippen LogP contribution in [0, 0.1) is 0 Å². The molecule has 1 aromatic carbocycles. The summed E-state index contributed by atoms with van der Waals surface area (Å²) in [7, 11) is 5.26. The summed E-state index contributed by atoms with van der Waals surface area (Å²) in [4.78, 5) is 18.6. The zero-order chi connectivity index (χ0) is 25.3. The highest BCUT2D eigenvalue weighted by Crippen LogP contribution is 2.37. The van der Waals surface area contributed by atoms with Crippen molar-refractivity contribution in [1.82, 2.24) is 35.0 Å². The lowest BCUT2D eigenvalue weighted by Gasteiger charge is -2.28. The van der Waals surface area contributed by atoms with Crippen LogP contribution in [0.5, 0.6) is 5.75 Å². The van der Waals surface area contributed by atoms with Crippen LogP contribution in [0.3, 0.4) is 0 Å². The van der Waals surface area contributed by atoms with Crippen LogP contribution in [0.2, 0.25) is 0 Å². The first-order valence-corrected chi connectivity index (χ1v) is 11.8. The van der Waals surface area contributed by atoms with Gasteiger partial charge < -0.3 is 15.0 Å². The van der Waals surface area contributed by atoms with E-state index in [4.69, 9.17) is 4.74 Å². The molecule has 9 nitrogen and oxygen atoms in total. The van der Waals surface area contributed by atoms with Crippen molar-refractivity contribution in [2.24, 2.45) is 0 Å². The van der Waals surface area contributed by atoms with Crippen molar-refractivity contribution in [3.8, 4) is 28.3 Å². The number of carbonyl (C=O) groups excluding carboxylic acids is 1. The van der Waals surface area contributed by atoms with Crippen LogP contribution in [0.15, 0.2) is 42.9 Å². The van der Waals surface area contributed by atoms with Crippen LogP contribution in [-0.2, 0) is 4.79 Å². The molecule has 0 aliphatic carbocycles. The average molecular weight is 476 g/mol. The van der Waals surface area contributed by atoms with Gasteiger partial charge in [0.15, 0.2) is 11.4 Å². The van der Waals surface area contributed by atoms with E-state index < -0.39 is 0 Å². The molecule has 1 amide bonds. The van der Waals surface area contributed by atoms with E-state index in [9.17, 15) is 4.79 Å². The van der Waals surface area contributed by atoms with Crippen LogP contribution >= 0.6 is 0 Å². The zero-order valence-corrected chi connectivity index (χ0v) is 21.3. The smallest absolute Gasteiger partial charge is 0.239 e. The SMILES string of the molecule is CN[C@@H](C)C(=O)N(C)[C@@H](C)c1ccc(-c2[nH]nc(-c3cc(OC)c4ncnn4c3)c2C(C)C)cc1. The maximum absolute atomic E-state index is 12.6. The number of likely N-dealkylation sites (N-methyl/N-ethyl adjacent to an activating group) is 2. The van der Waals surface area contributed by atoms with E-state index in [-0.39, 0.29) is 23.9 Å². The fraction of sp³-hybridized carbons (Fsp3) is 0.385. The van der Waals surface area contributed by atoms with E-state index in [2.05, 4.69) is 63.7 Å². The summed E-state index contributed by atoms with van der Waals surface area (Å²) in [6, 6.07) is 9.97. The number of pyridine rings is 1. The van der Waals surface area contributed by atoms with E-state index in [1.807, 2.05) is 33.2 Å². The highest BCUT2D eigenvalue weighted by molar-refractivity contribution is 5.81. The van der Waals surface area contributed by atoms with Gasteiger partial charge in [-0.25, -0.2) is 9.50 Å². The Morgan fingerprint density at radius 1 is 1.14 bits per heavy atom. The number of hydrogen-bond acceptors (Lipinski definition) is 6. The van der Waals surface area contributed by atoms with E-state index in [0.717, 1.165) is 33.6 Å². The molecule has 0 aliphatic heterocycles. The zero-order valence-electron chi connectivity index (χ0n) is 21.3. The average Bonchev–Trinajstić information content (AvgIpc) is 3.53. The molecule has 0 saturated heterocycles. The Kier molecular flexibility index (Phi) is 6.88. The number of H-pyrrole nitrogens is 1. The van der Waals surface area contributed by atoms with E-state index in [0.29, 0.717) is 11.4 Å². The molecule has 0 saturated carbocycles. The number of nitrogens with one attached hydrogen (secondary N) is 2. The first-order valence-electron chi connectivity index (χ1n) is 11.8. The van der Waals surface area contributed by atoms with Crippen molar-refractivity contribution in [2.45, 2.75) is 45.7 Å². The van der Waals surface area contributed by atoms with Gasteiger partial charge in [-0.1, -0.05) is 38.1 Å². The molecule has 0 aliphatic rings. The number of nitrogens with zero attached hydrogens (tertiary/aromatic N) is 5. The Labute approximate surface area is 205 Å². The van der Waals surface area contributed by atoms with Gasteiger partial charge in [-0.05, 0) is 44.0 Å². The number of aromatic amines is 1. The largest absolute Gasteiger partial charge is 0.493 e. The normalized spacial score (nSPS) is 13.3. The number of rotatable bonds is 8. The van der Waals surface area contributed by atoms with Gasteiger partial charge in [-0.3, -0.25) is 9.89 Å². The molecule has 3 aromatic heterocycles. The van der Waals surface area contributed by atoms with Crippen molar-refractivity contribution in [2.75, 3.05) is 21.2 Å². The molecule has 2 N–H and O–H groups in total. The van der Waals surface area contributed by atoms with E-state index in [1.165, 1.54) is 6.33 Å². The minimum Gasteiger partial charge on any atom is -0.493 e. The predicted molar refractivity (Wildman–Crippen MR) is 136 cm³/mol. The van der Waals surface area contributed by atoms with Crippen LogP contribution in [-0.4, -0.2) is 62.8 Å². The molecule has 0 spiro atoms. The monoisotopic (exact) mass is 475 g/mol. The van der Waals surface area contributed by atoms with Gasteiger partial charge in [-0.2, -0.15) is 10.2 Å². The van der Waals surface area contributed by atoms with E-state index >= 15 is 0 Å². The van der Waals surface area contributed by atoms with Crippen molar-refractivity contribution in [3.05, 3.63) is 54.0 Å². The summed E-state index contributed by atoms with van der Waals surface area (Å²) in [5.74, 6) is 0.926. The predicted octanol–water partition coefficient (Wildman–Crippen LogP) is 4.05. The fourth-order valence-electron chi connectivity index (χ4n) is 4.30. The second kappa shape index (κ2) is 9.87. The van der Waals surface area contributed by atoms with Gasteiger partial charge in [0, 0.05) is 24.4 Å². The minimum absolute atomic E-state index is 0.0453. The first-order chi connectivity index (χ1) is 16.8. The molecule has 4 aromatic rings. The van der Waals surface area contributed by atoms with Gasteiger partial charge in [0.25, 0.3) is 0 Å². The third kappa shape index (κ3) is 4.51. The molecule has 0 unspecified atom stereocenters. The third-order valence-corrected chi connectivity index (χ3v) is 6.63. The highest BCUT2D eigenvalue weighted by Gasteiger charge is 2.23. The van der Waals surface area contributed by atoms with Crippen LogP contribution in [0.4, 0.5) is 0 Å². The van der Waals surface area contributed by atoms with Crippen LogP contribution < -0.4 is 10.1 Å². The third-order valence-electron chi connectivity index (χ3n) is 6.63. The Morgan fingerprint density at radius 2 is 1.86 bits per heavy atom. The van der Waals surface area contributed by atoms with Crippen molar-refractivity contribution >= 4 is 11.6 Å².